The van der Waals surface area contributed by atoms with E-state index in [2.05, 4.69) is 6.92 Å². The number of carboxylic acid groups (broad SMARTS) is 1. The van der Waals surface area contributed by atoms with E-state index in [4.69, 9.17) is 0 Å². The Morgan fingerprint density at radius 1 is 1.37 bits per heavy atom. The molecule has 2 aliphatic rings. The Morgan fingerprint density at radius 3 is 2.53 bits per heavy atom. The standard InChI is InChI=1S/C14H24N2O3/c1-10(11-6-7-11)15(3)13(19)16-9-5-4-8-14(16,2)12(17)18/h10-11H,4-9H2,1-3H3,(H,17,18). The molecule has 2 fully saturated rings. The van der Waals surface area contributed by atoms with Crippen molar-refractivity contribution in [2.75, 3.05) is 13.6 Å². The summed E-state index contributed by atoms with van der Waals surface area (Å²) in [5, 5.41) is 9.45. The highest BCUT2D eigenvalue weighted by Gasteiger charge is 2.46. The van der Waals surface area contributed by atoms with Crippen LogP contribution in [0.2, 0.25) is 0 Å². The van der Waals surface area contributed by atoms with Crippen LogP contribution in [0.4, 0.5) is 4.79 Å². The molecule has 2 rings (SSSR count). The lowest BCUT2D eigenvalue weighted by Crippen LogP contribution is -2.61. The molecule has 1 aliphatic heterocycles. The summed E-state index contributed by atoms with van der Waals surface area (Å²) in [5.41, 5.74) is -1.05. The SMILES string of the molecule is CC(C1CC1)N(C)C(=O)N1CCCCC1(C)C(=O)O. The van der Waals surface area contributed by atoms with E-state index in [0.29, 0.717) is 18.9 Å². The van der Waals surface area contributed by atoms with Crippen molar-refractivity contribution in [3.63, 3.8) is 0 Å². The van der Waals surface area contributed by atoms with E-state index in [1.54, 1.807) is 23.8 Å². The zero-order valence-corrected chi connectivity index (χ0v) is 12.1. The molecule has 0 aromatic heterocycles. The summed E-state index contributed by atoms with van der Waals surface area (Å²) in [5.74, 6) is -0.303. The number of aliphatic carboxylic acids is 1. The van der Waals surface area contributed by atoms with Gasteiger partial charge in [-0.3, -0.25) is 0 Å². The van der Waals surface area contributed by atoms with Gasteiger partial charge in [0.2, 0.25) is 0 Å². The van der Waals surface area contributed by atoms with Crippen LogP contribution in [0.3, 0.4) is 0 Å². The molecular weight excluding hydrogens is 244 g/mol. The van der Waals surface area contributed by atoms with Crippen molar-refractivity contribution in [1.29, 1.82) is 0 Å². The Hall–Kier alpha value is -1.26. The molecule has 2 atom stereocenters. The summed E-state index contributed by atoms with van der Waals surface area (Å²) in [6, 6.07) is 0.0662. The summed E-state index contributed by atoms with van der Waals surface area (Å²) in [6.07, 6.45) is 4.65. The highest BCUT2D eigenvalue weighted by Crippen LogP contribution is 2.36. The van der Waals surface area contributed by atoms with Gasteiger partial charge in [-0.05, 0) is 51.9 Å². The molecule has 19 heavy (non-hydrogen) atoms. The van der Waals surface area contributed by atoms with Gasteiger partial charge in [-0.2, -0.15) is 0 Å². The first-order valence-corrected chi connectivity index (χ1v) is 7.16. The van der Waals surface area contributed by atoms with Gasteiger partial charge >= 0.3 is 12.0 Å². The minimum atomic E-state index is -1.05. The number of piperidine rings is 1. The number of nitrogens with zero attached hydrogens (tertiary/aromatic N) is 2. The van der Waals surface area contributed by atoms with Crippen LogP contribution >= 0.6 is 0 Å². The third-order valence-corrected chi connectivity index (χ3v) is 4.80. The van der Waals surface area contributed by atoms with E-state index in [1.807, 2.05) is 0 Å². The summed E-state index contributed by atoms with van der Waals surface area (Å²) in [4.78, 5) is 27.4. The normalized spacial score (nSPS) is 28.9. The van der Waals surface area contributed by atoms with Crippen LogP contribution in [-0.4, -0.2) is 52.1 Å². The van der Waals surface area contributed by atoms with Gasteiger partial charge in [-0.25, -0.2) is 9.59 Å². The van der Waals surface area contributed by atoms with E-state index in [0.717, 1.165) is 12.8 Å². The van der Waals surface area contributed by atoms with Gasteiger partial charge in [0.25, 0.3) is 0 Å². The molecule has 1 N–H and O–H groups in total. The van der Waals surface area contributed by atoms with Crippen LogP contribution in [0.5, 0.6) is 0 Å². The number of carboxylic acids is 1. The Morgan fingerprint density at radius 2 is 2.00 bits per heavy atom. The number of carbonyl (C=O) groups is 2. The van der Waals surface area contributed by atoms with Crippen LogP contribution in [0.25, 0.3) is 0 Å². The third kappa shape index (κ3) is 2.55. The van der Waals surface area contributed by atoms with Gasteiger partial charge in [0.15, 0.2) is 0 Å². The smallest absolute Gasteiger partial charge is 0.329 e. The van der Waals surface area contributed by atoms with Crippen LogP contribution in [0.1, 0.15) is 46.0 Å². The third-order valence-electron chi connectivity index (χ3n) is 4.80. The number of likely N-dealkylation sites (tertiary alicyclic amines) is 1. The second-order valence-electron chi connectivity index (χ2n) is 6.16. The second kappa shape index (κ2) is 5.02. The Balaban J connectivity index is 2.13. The van der Waals surface area contributed by atoms with Crippen LogP contribution in [0.15, 0.2) is 0 Å². The van der Waals surface area contributed by atoms with E-state index in [9.17, 15) is 14.7 Å². The van der Waals surface area contributed by atoms with E-state index < -0.39 is 11.5 Å². The van der Waals surface area contributed by atoms with E-state index >= 15 is 0 Å². The van der Waals surface area contributed by atoms with Crippen molar-refractivity contribution < 1.29 is 14.7 Å². The van der Waals surface area contributed by atoms with Crippen LogP contribution in [0, 0.1) is 5.92 Å². The van der Waals surface area contributed by atoms with E-state index in [1.165, 1.54) is 12.8 Å². The van der Waals surface area contributed by atoms with Crippen molar-refractivity contribution in [3.05, 3.63) is 0 Å². The number of carbonyl (C=O) groups excluding carboxylic acids is 1. The number of hydrogen-bond acceptors (Lipinski definition) is 2. The minimum absolute atomic E-state index is 0.135. The van der Waals surface area contributed by atoms with Crippen molar-refractivity contribution in [2.24, 2.45) is 5.92 Å². The van der Waals surface area contributed by atoms with Crippen molar-refractivity contribution in [3.8, 4) is 0 Å². The maximum atomic E-state index is 12.6. The van der Waals surface area contributed by atoms with Gasteiger partial charge in [0.05, 0.1) is 0 Å². The Bertz CT molecular complexity index is 381. The predicted octanol–water partition coefficient (Wildman–Crippen LogP) is 2.17. The van der Waals surface area contributed by atoms with Gasteiger partial charge in [0.1, 0.15) is 5.54 Å². The van der Waals surface area contributed by atoms with Crippen LogP contribution < -0.4 is 0 Å². The molecule has 0 spiro atoms. The first-order chi connectivity index (χ1) is 8.88. The van der Waals surface area contributed by atoms with Gasteiger partial charge in [0, 0.05) is 19.6 Å². The number of amides is 2. The largest absolute Gasteiger partial charge is 0.480 e. The van der Waals surface area contributed by atoms with Crippen molar-refractivity contribution in [1.82, 2.24) is 9.80 Å². The number of urea groups is 1. The van der Waals surface area contributed by atoms with Gasteiger partial charge < -0.3 is 14.9 Å². The Kier molecular flexibility index (Phi) is 3.74. The molecule has 108 valence electrons. The molecule has 1 saturated carbocycles. The lowest BCUT2D eigenvalue weighted by Gasteiger charge is -2.44. The quantitative estimate of drug-likeness (QED) is 0.853. The lowest BCUT2D eigenvalue weighted by molar-refractivity contribution is -0.150. The molecule has 2 unspecified atom stereocenters. The fourth-order valence-electron chi connectivity index (χ4n) is 2.91. The summed E-state index contributed by atoms with van der Waals surface area (Å²) >= 11 is 0. The lowest BCUT2D eigenvalue weighted by atomic mass is 9.88. The number of rotatable bonds is 3. The molecule has 0 aromatic carbocycles. The van der Waals surface area contributed by atoms with Gasteiger partial charge in [-0.15, -0.1) is 0 Å². The van der Waals surface area contributed by atoms with Crippen LogP contribution in [-0.2, 0) is 4.79 Å². The van der Waals surface area contributed by atoms with Gasteiger partial charge in [-0.1, -0.05) is 0 Å². The topological polar surface area (TPSA) is 60.9 Å². The summed E-state index contributed by atoms with van der Waals surface area (Å²) in [6.45, 7) is 4.27. The zero-order valence-electron chi connectivity index (χ0n) is 12.1. The highest BCUT2D eigenvalue weighted by molar-refractivity contribution is 5.86. The first-order valence-electron chi connectivity index (χ1n) is 7.16. The maximum absolute atomic E-state index is 12.6. The highest BCUT2D eigenvalue weighted by atomic mass is 16.4. The molecule has 0 bridgehead atoms. The minimum Gasteiger partial charge on any atom is -0.480 e. The first kappa shape index (κ1) is 14.2. The molecule has 1 heterocycles. The monoisotopic (exact) mass is 268 g/mol. The second-order valence-corrected chi connectivity index (χ2v) is 6.16. The Labute approximate surface area is 114 Å². The molecule has 2 amide bonds. The molecule has 0 aromatic rings. The summed E-state index contributed by atoms with van der Waals surface area (Å²) in [7, 11) is 1.79. The van der Waals surface area contributed by atoms with E-state index in [-0.39, 0.29) is 12.1 Å². The molecule has 1 saturated heterocycles. The molecular formula is C14H24N2O3. The fraction of sp³-hybridized carbons (Fsp3) is 0.857. The van der Waals surface area contributed by atoms with Crippen molar-refractivity contribution >= 4 is 12.0 Å². The predicted molar refractivity (Wildman–Crippen MR) is 71.9 cm³/mol. The fourth-order valence-corrected chi connectivity index (χ4v) is 2.91. The average molecular weight is 268 g/mol. The average Bonchev–Trinajstić information content (AvgIpc) is 3.21. The molecule has 1 aliphatic carbocycles. The molecule has 5 nitrogen and oxygen atoms in total. The molecule has 0 radical (unpaired) electrons. The van der Waals surface area contributed by atoms with Crippen molar-refractivity contribution in [2.45, 2.75) is 57.5 Å². The molecule has 5 heteroatoms. The maximum Gasteiger partial charge on any atom is 0.329 e. The zero-order chi connectivity index (χ0) is 14.2. The summed E-state index contributed by atoms with van der Waals surface area (Å²) < 4.78 is 0. The number of hydrogen-bond donors (Lipinski definition) is 1.